The van der Waals surface area contributed by atoms with E-state index in [2.05, 4.69) is 53.0 Å². The van der Waals surface area contributed by atoms with Crippen molar-refractivity contribution in [3.63, 3.8) is 0 Å². The summed E-state index contributed by atoms with van der Waals surface area (Å²) in [6, 6.07) is 0. The Morgan fingerprint density at radius 2 is 1.07 bits per heavy atom. The number of hydrogen-bond acceptors (Lipinski definition) is 0. The second kappa shape index (κ2) is 6.42. The molecule has 0 saturated carbocycles. The monoisotopic (exact) mass is 190 g/mol. The summed E-state index contributed by atoms with van der Waals surface area (Å²) in [7, 11) is 0. The maximum atomic E-state index is 3.81. The van der Waals surface area contributed by atoms with Gasteiger partial charge in [-0.3, -0.25) is 0 Å². The van der Waals surface area contributed by atoms with Crippen molar-refractivity contribution in [2.45, 2.75) is 27.7 Å². The molecule has 0 aromatic carbocycles. The minimum atomic E-state index is 0.530. The van der Waals surface area contributed by atoms with Crippen molar-refractivity contribution in [2.75, 3.05) is 0 Å². The Hall–Kier alpha value is -1.04. The van der Waals surface area contributed by atoms with Gasteiger partial charge in [-0.1, -0.05) is 65.2 Å². The summed E-state index contributed by atoms with van der Waals surface area (Å²) in [5.74, 6) is 1.06. The molecule has 14 heavy (non-hydrogen) atoms. The van der Waals surface area contributed by atoms with Gasteiger partial charge in [-0.05, 0) is 23.0 Å². The minimum Gasteiger partial charge on any atom is -0.0988 e. The van der Waals surface area contributed by atoms with Crippen molar-refractivity contribution in [3.05, 3.63) is 48.6 Å². The van der Waals surface area contributed by atoms with E-state index in [1.165, 1.54) is 11.1 Å². The van der Waals surface area contributed by atoms with Crippen LogP contribution in [0, 0.1) is 11.8 Å². The van der Waals surface area contributed by atoms with Crippen LogP contribution in [0.15, 0.2) is 48.6 Å². The van der Waals surface area contributed by atoms with Gasteiger partial charge in [0.15, 0.2) is 0 Å². The topological polar surface area (TPSA) is 0 Å². The molecular formula is C14H22. The second-order valence-electron chi connectivity index (χ2n) is 4.05. The molecule has 0 amide bonds. The van der Waals surface area contributed by atoms with Crippen molar-refractivity contribution in [1.82, 2.24) is 0 Å². The largest absolute Gasteiger partial charge is 0.0988 e. The number of rotatable bonds is 5. The Morgan fingerprint density at radius 3 is 1.21 bits per heavy atom. The Balaban J connectivity index is 4.79. The molecule has 0 aliphatic rings. The zero-order valence-corrected chi connectivity index (χ0v) is 9.88. The molecule has 0 aliphatic heterocycles. The van der Waals surface area contributed by atoms with E-state index in [4.69, 9.17) is 0 Å². The van der Waals surface area contributed by atoms with Gasteiger partial charge in [-0.2, -0.15) is 0 Å². The quantitative estimate of drug-likeness (QED) is 0.559. The van der Waals surface area contributed by atoms with Crippen LogP contribution in [-0.2, 0) is 0 Å². The van der Waals surface area contributed by atoms with E-state index in [0.29, 0.717) is 11.8 Å². The first-order valence-electron chi connectivity index (χ1n) is 5.19. The van der Waals surface area contributed by atoms with Crippen molar-refractivity contribution in [3.8, 4) is 0 Å². The molecule has 78 valence electrons. The molecule has 0 aromatic rings. The highest BCUT2D eigenvalue weighted by Gasteiger charge is 1.99. The normalized spacial score (nSPS) is 13.6. The average molecular weight is 190 g/mol. The third kappa shape index (κ3) is 4.27. The molecule has 0 rings (SSSR count). The van der Waals surface area contributed by atoms with Gasteiger partial charge < -0.3 is 0 Å². The fourth-order valence-corrected chi connectivity index (χ4v) is 1.18. The third-order valence-electron chi connectivity index (χ3n) is 2.27. The van der Waals surface area contributed by atoms with Crippen LogP contribution >= 0.6 is 0 Å². The van der Waals surface area contributed by atoms with Gasteiger partial charge in [-0.15, -0.1) is 0 Å². The SMILES string of the molecule is C=C/C(=C\C=C(/C=C)C(C)C)C(C)C. The van der Waals surface area contributed by atoms with E-state index in [-0.39, 0.29) is 0 Å². The van der Waals surface area contributed by atoms with Crippen LogP contribution in [0.2, 0.25) is 0 Å². The Morgan fingerprint density at radius 1 is 0.786 bits per heavy atom. The van der Waals surface area contributed by atoms with Gasteiger partial charge in [0.1, 0.15) is 0 Å². The minimum absolute atomic E-state index is 0.530. The lowest BCUT2D eigenvalue weighted by Gasteiger charge is -2.07. The van der Waals surface area contributed by atoms with Gasteiger partial charge in [0, 0.05) is 0 Å². The Labute approximate surface area is 88.7 Å². The maximum absolute atomic E-state index is 3.81. The summed E-state index contributed by atoms with van der Waals surface area (Å²) in [6.45, 7) is 16.3. The summed E-state index contributed by atoms with van der Waals surface area (Å²) < 4.78 is 0. The smallest absolute Gasteiger partial charge is 0.0219 e. The van der Waals surface area contributed by atoms with E-state index < -0.39 is 0 Å². The molecule has 0 unspecified atom stereocenters. The van der Waals surface area contributed by atoms with Gasteiger partial charge in [0.05, 0.1) is 0 Å². The molecule has 0 spiro atoms. The summed E-state index contributed by atoms with van der Waals surface area (Å²) in [5.41, 5.74) is 2.54. The van der Waals surface area contributed by atoms with Crippen molar-refractivity contribution < 1.29 is 0 Å². The Bertz CT molecular complexity index is 221. The average Bonchev–Trinajstić information content (AvgIpc) is 2.11. The lowest BCUT2D eigenvalue weighted by atomic mass is 9.99. The van der Waals surface area contributed by atoms with Crippen LogP contribution in [0.5, 0.6) is 0 Å². The fraction of sp³-hybridized carbons (Fsp3) is 0.429. The molecule has 0 N–H and O–H groups in total. The Kier molecular flexibility index (Phi) is 5.94. The molecule has 0 radical (unpaired) electrons. The molecule has 0 atom stereocenters. The highest BCUT2D eigenvalue weighted by Crippen LogP contribution is 2.14. The van der Waals surface area contributed by atoms with Crippen LogP contribution < -0.4 is 0 Å². The maximum Gasteiger partial charge on any atom is -0.0219 e. The second-order valence-corrected chi connectivity index (χ2v) is 4.05. The molecule has 0 heteroatoms. The standard InChI is InChI=1S/C14H22/c1-7-13(11(3)4)9-10-14(8-2)12(5)6/h7-12H,1-2H2,3-6H3/b13-9+,14-10+. The van der Waals surface area contributed by atoms with Crippen LogP contribution in [0.4, 0.5) is 0 Å². The van der Waals surface area contributed by atoms with E-state index in [9.17, 15) is 0 Å². The van der Waals surface area contributed by atoms with E-state index in [1.54, 1.807) is 0 Å². The highest BCUT2D eigenvalue weighted by atomic mass is 14.0. The highest BCUT2D eigenvalue weighted by molar-refractivity contribution is 5.30. The van der Waals surface area contributed by atoms with E-state index in [1.807, 2.05) is 12.2 Å². The predicted molar refractivity (Wildman–Crippen MR) is 66.2 cm³/mol. The summed E-state index contributed by atoms with van der Waals surface area (Å²) in [4.78, 5) is 0. The first kappa shape index (κ1) is 13.0. The van der Waals surface area contributed by atoms with Crippen LogP contribution in [-0.4, -0.2) is 0 Å². The van der Waals surface area contributed by atoms with Crippen molar-refractivity contribution >= 4 is 0 Å². The summed E-state index contributed by atoms with van der Waals surface area (Å²) in [5, 5.41) is 0. The predicted octanol–water partition coefficient (Wildman–Crippen LogP) is 4.52. The third-order valence-corrected chi connectivity index (χ3v) is 2.27. The lowest BCUT2D eigenvalue weighted by Crippen LogP contribution is -1.91. The fourth-order valence-electron chi connectivity index (χ4n) is 1.18. The molecule has 0 nitrogen and oxygen atoms in total. The lowest BCUT2D eigenvalue weighted by molar-refractivity contribution is 0.783. The molecule has 0 aliphatic carbocycles. The molecule has 0 bridgehead atoms. The van der Waals surface area contributed by atoms with Crippen LogP contribution in [0.1, 0.15) is 27.7 Å². The first-order valence-corrected chi connectivity index (χ1v) is 5.19. The van der Waals surface area contributed by atoms with Crippen molar-refractivity contribution in [2.24, 2.45) is 11.8 Å². The molecule has 0 fully saturated rings. The van der Waals surface area contributed by atoms with Crippen molar-refractivity contribution in [1.29, 1.82) is 0 Å². The van der Waals surface area contributed by atoms with Gasteiger partial charge in [-0.25, -0.2) is 0 Å². The molecule has 0 saturated heterocycles. The van der Waals surface area contributed by atoms with Gasteiger partial charge in [0.2, 0.25) is 0 Å². The van der Waals surface area contributed by atoms with Gasteiger partial charge in [0.25, 0.3) is 0 Å². The van der Waals surface area contributed by atoms with Crippen LogP contribution in [0.3, 0.4) is 0 Å². The first-order chi connectivity index (χ1) is 6.52. The number of hydrogen-bond donors (Lipinski definition) is 0. The molecule has 0 heterocycles. The molecule has 0 aromatic heterocycles. The zero-order valence-electron chi connectivity index (χ0n) is 9.88. The van der Waals surface area contributed by atoms with Gasteiger partial charge >= 0.3 is 0 Å². The zero-order chi connectivity index (χ0) is 11.1. The summed E-state index contributed by atoms with van der Waals surface area (Å²) >= 11 is 0. The summed E-state index contributed by atoms with van der Waals surface area (Å²) in [6.07, 6.45) is 8.10. The molecular weight excluding hydrogens is 168 g/mol. The van der Waals surface area contributed by atoms with E-state index >= 15 is 0 Å². The van der Waals surface area contributed by atoms with Crippen LogP contribution in [0.25, 0.3) is 0 Å². The number of allylic oxidation sites excluding steroid dienone is 6. The van der Waals surface area contributed by atoms with E-state index in [0.717, 1.165) is 0 Å².